The van der Waals surface area contributed by atoms with E-state index >= 15 is 0 Å². The summed E-state index contributed by atoms with van der Waals surface area (Å²) in [7, 11) is 0. The number of ketones is 1. The first-order chi connectivity index (χ1) is 10.1. The predicted molar refractivity (Wildman–Crippen MR) is 81.1 cm³/mol. The van der Waals surface area contributed by atoms with Gasteiger partial charge in [0.25, 0.3) is 0 Å². The zero-order valence-corrected chi connectivity index (χ0v) is 12.2. The fraction of sp³-hybridized carbons (Fsp3) is 0.222. The Hall–Kier alpha value is -2.42. The molecule has 0 saturated carbocycles. The lowest BCUT2D eigenvalue weighted by atomic mass is 10.00. The van der Waals surface area contributed by atoms with Crippen LogP contribution in [0.1, 0.15) is 18.1 Å². The molecular weight excluding hydrogens is 264 g/mol. The van der Waals surface area contributed by atoms with Crippen LogP contribution in [0.4, 0.5) is 0 Å². The minimum Gasteiger partial charge on any atom is -0.426 e. The van der Waals surface area contributed by atoms with E-state index in [1.165, 1.54) is 0 Å². The molecule has 0 saturated heterocycles. The van der Waals surface area contributed by atoms with Crippen LogP contribution in [0.3, 0.4) is 0 Å². The second kappa shape index (κ2) is 6.84. The number of carbonyl (C=O) groups is 2. The third kappa shape index (κ3) is 4.28. The summed E-state index contributed by atoms with van der Waals surface area (Å²) in [5, 5.41) is 0. The number of aryl methyl sites for hydroxylation is 1. The summed E-state index contributed by atoms with van der Waals surface area (Å²) in [5.74, 6) is -0.963. The van der Waals surface area contributed by atoms with Crippen LogP contribution in [0, 0.1) is 12.8 Å². The minimum absolute atomic E-state index is 0.140. The lowest BCUT2D eigenvalue weighted by molar-refractivity contribution is -0.143. The average Bonchev–Trinajstić information content (AvgIpc) is 2.49. The standard InChI is InChI=1S/C18H18O3/c1-13-8-10-16(11-9-13)21-18(20)14(2)17(19)12-15-6-4-3-5-7-15/h3-11,14H,12H2,1-2H3. The monoisotopic (exact) mass is 282 g/mol. The molecule has 0 aliphatic heterocycles. The van der Waals surface area contributed by atoms with E-state index in [9.17, 15) is 9.59 Å². The van der Waals surface area contributed by atoms with Gasteiger partial charge in [0.05, 0.1) is 0 Å². The summed E-state index contributed by atoms with van der Waals surface area (Å²) in [5.41, 5.74) is 1.99. The van der Waals surface area contributed by atoms with E-state index in [0.717, 1.165) is 11.1 Å². The second-order valence-corrected chi connectivity index (χ2v) is 5.08. The molecule has 0 aromatic heterocycles. The van der Waals surface area contributed by atoms with E-state index in [4.69, 9.17) is 4.74 Å². The number of hydrogen-bond donors (Lipinski definition) is 0. The average molecular weight is 282 g/mol. The molecule has 2 aromatic rings. The van der Waals surface area contributed by atoms with Gasteiger partial charge in [-0.15, -0.1) is 0 Å². The number of ether oxygens (including phenoxy) is 1. The van der Waals surface area contributed by atoms with E-state index in [0.29, 0.717) is 5.75 Å². The van der Waals surface area contributed by atoms with Crippen molar-refractivity contribution in [3.8, 4) is 5.75 Å². The SMILES string of the molecule is Cc1ccc(OC(=O)C(C)C(=O)Cc2ccccc2)cc1. The van der Waals surface area contributed by atoms with Crippen molar-refractivity contribution in [1.29, 1.82) is 0 Å². The van der Waals surface area contributed by atoms with Gasteiger partial charge in [-0.25, -0.2) is 0 Å². The number of esters is 1. The summed E-state index contributed by atoms with van der Waals surface area (Å²) in [6.45, 7) is 3.54. The molecule has 0 heterocycles. The van der Waals surface area contributed by atoms with Crippen LogP contribution >= 0.6 is 0 Å². The van der Waals surface area contributed by atoms with Gasteiger partial charge in [-0.05, 0) is 31.5 Å². The normalized spacial score (nSPS) is 11.7. The molecule has 21 heavy (non-hydrogen) atoms. The second-order valence-electron chi connectivity index (χ2n) is 5.08. The van der Waals surface area contributed by atoms with Gasteiger partial charge < -0.3 is 4.74 Å². The summed E-state index contributed by atoms with van der Waals surface area (Å²) in [4.78, 5) is 24.1. The maximum atomic E-state index is 12.1. The van der Waals surface area contributed by atoms with E-state index in [-0.39, 0.29) is 12.2 Å². The molecule has 0 radical (unpaired) electrons. The van der Waals surface area contributed by atoms with Crippen molar-refractivity contribution in [3.05, 3.63) is 65.7 Å². The highest BCUT2D eigenvalue weighted by atomic mass is 16.5. The molecule has 0 bridgehead atoms. The van der Waals surface area contributed by atoms with Gasteiger partial charge in [0.1, 0.15) is 11.7 Å². The number of Topliss-reactive ketones (excluding diaryl/α,β-unsaturated/α-hetero) is 1. The Bertz CT molecular complexity index is 615. The van der Waals surface area contributed by atoms with Crippen molar-refractivity contribution in [1.82, 2.24) is 0 Å². The Balaban J connectivity index is 1.95. The zero-order valence-electron chi connectivity index (χ0n) is 12.2. The first-order valence-electron chi connectivity index (χ1n) is 6.91. The Morgan fingerprint density at radius 2 is 1.62 bits per heavy atom. The summed E-state index contributed by atoms with van der Waals surface area (Å²) in [6, 6.07) is 16.5. The molecule has 2 rings (SSSR count). The quantitative estimate of drug-likeness (QED) is 0.480. The number of hydrogen-bond acceptors (Lipinski definition) is 3. The molecule has 0 aliphatic rings. The summed E-state index contributed by atoms with van der Waals surface area (Å²) >= 11 is 0. The molecule has 1 atom stereocenters. The molecule has 2 aromatic carbocycles. The highest BCUT2D eigenvalue weighted by Gasteiger charge is 2.23. The fourth-order valence-corrected chi connectivity index (χ4v) is 1.89. The lowest BCUT2D eigenvalue weighted by Crippen LogP contribution is -2.26. The number of benzene rings is 2. The Labute approximate surface area is 124 Å². The topological polar surface area (TPSA) is 43.4 Å². The van der Waals surface area contributed by atoms with Crippen molar-refractivity contribution in [2.75, 3.05) is 0 Å². The lowest BCUT2D eigenvalue weighted by Gasteiger charge is -2.10. The molecular formula is C18H18O3. The first-order valence-corrected chi connectivity index (χ1v) is 6.91. The zero-order chi connectivity index (χ0) is 15.2. The minimum atomic E-state index is -0.772. The van der Waals surface area contributed by atoms with Crippen LogP contribution in [-0.2, 0) is 16.0 Å². The third-order valence-electron chi connectivity index (χ3n) is 3.30. The Morgan fingerprint density at radius 1 is 1.00 bits per heavy atom. The van der Waals surface area contributed by atoms with E-state index in [1.807, 2.05) is 49.4 Å². The van der Waals surface area contributed by atoms with Crippen LogP contribution in [0.5, 0.6) is 5.75 Å². The Morgan fingerprint density at radius 3 is 2.24 bits per heavy atom. The van der Waals surface area contributed by atoms with Gasteiger partial charge >= 0.3 is 5.97 Å². The van der Waals surface area contributed by atoms with Crippen LogP contribution in [0.25, 0.3) is 0 Å². The number of carbonyl (C=O) groups excluding carboxylic acids is 2. The largest absolute Gasteiger partial charge is 0.426 e. The maximum Gasteiger partial charge on any atom is 0.321 e. The van der Waals surface area contributed by atoms with Crippen molar-refractivity contribution in [3.63, 3.8) is 0 Å². The molecule has 0 fully saturated rings. The molecule has 3 nitrogen and oxygen atoms in total. The van der Waals surface area contributed by atoms with E-state index in [1.54, 1.807) is 19.1 Å². The van der Waals surface area contributed by atoms with Crippen LogP contribution in [-0.4, -0.2) is 11.8 Å². The van der Waals surface area contributed by atoms with Crippen LogP contribution in [0.2, 0.25) is 0 Å². The Kier molecular flexibility index (Phi) is 4.88. The van der Waals surface area contributed by atoms with Crippen LogP contribution in [0.15, 0.2) is 54.6 Å². The molecule has 3 heteroatoms. The first kappa shape index (κ1) is 15.0. The van der Waals surface area contributed by atoms with Crippen LogP contribution < -0.4 is 4.74 Å². The molecule has 1 unspecified atom stereocenters. The van der Waals surface area contributed by atoms with Crippen molar-refractivity contribution in [2.45, 2.75) is 20.3 Å². The summed E-state index contributed by atoms with van der Waals surface area (Å²) in [6.07, 6.45) is 0.241. The van der Waals surface area contributed by atoms with Crippen molar-refractivity contribution < 1.29 is 14.3 Å². The number of rotatable bonds is 5. The smallest absolute Gasteiger partial charge is 0.321 e. The molecule has 0 spiro atoms. The maximum absolute atomic E-state index is 12.1. The predicted octanol–water partition coefficient (Wildman–Crippen LogP) is 3.35. The fourth-order valence-electron chi connectivity index (χ4n) is 1.89. The molecule has 0 aliphatic carbocycles. The highest BCUT2D eigenvalue weighted by molar-refractivity contribution is 6.00. The van der Waals surface area contributed by atoms with Gasteiger partial charge in [0.15, 0.2) is 5.78 Å². The van der Waals surface area contributed by atoms with Crippen molar-refractivity contribution >= 4 is 11.8 Å². The third-order valence-corrected chi connectivity index (χ3v) is 3.30. The van der Waals surface area contributed by atoms with Gasteiger partial charge in [0.2, 0.25) is 0 Å². The van der Waals surface area contributed by atoms with E-state index in [2.05, 4.69) is 0 Å². The van der Waals surface area contributed by atoms with Gasteiger partial charge in [0, 0.05) is 6.42 Å². The highest BCUT2D eigenvalue weighted by Crippen LogP contribution is 2.14. The van der Waals surface area contributed by atoms with Crippen molar-refractivity contribution in [2.24, 2.45) is 5.92 Å². The van der Waals surface area contributed by atoms with E-state index < -0.39 is 11.9 Å². The summed E-state index contributed by atoms with van der Waals surface area (Å²) < 4.78 is 5.23. The molecule has 0 amide bonds. The molecule has 0 N–H and O–H groups in total. The van der Waals surface area contributed by atoms with Gasteiger partial charge in [-0.2, -0.15) is 0 Å². The van der Waals surface area contributed by atoms with Gasteiger partial charge in [-0.1, -0.05) is 48.0 Å². The molecule has 108 valence electrons. The van der Waals surface area contributed by atoms with Gasteiger partial charge in [-0.3, -0.25) is 9.59 Å².